The van der Waals surface area contributed by atoms with Crippen LogP contribution in [0.15, 0.2) is 28.7 Å². The van der Waals surface area contributed by atoms with Gasteiger partial charge in [-0.2, -0.15) is 0 Å². The Morgan fingerprint density at radius 2 is 1.93 bits per heavy atom. The molecule has 0 aromatic heterocycles. The van der Waals surface area contributed by atoms with E-state index in [4.69, 9.17) is 9.47 Å². The summed E-state index contributed by atoms with van der Waals surface area (Å²) in [7, 11) is 1.54. The van der Waals surface area contributed by atoms with Crippen molar-refractivity contribution < 1.29 is 14.6 Å². The van der Waals surface area contributed by atoms with E-state index in [9.17, 15) is 5.11 Å². The first-order valence-electron chi connectivity index (χ1n) is 4.27. The Morgan fingerprint density at radius 1 is 1.29 bits per heavy atom. The highest BCUT2D eigenvalue weighted by molar-refractivity contribution is 9.10. The largest absolute Gasteiger partial charge is 0.491 e. The third-order valence-corrected chi connectivity index (χ3v) is 2.14. The number of aliphatic hydroxyl groups excluding tert-OH is 1. The normalized spacial score (nSPS) is 12.5. The quantitative estimate of drug-likeness (QED) is 0.878. The van der Waals surface area contributed by atoms with E-state index in [0.29, 0.717) is 0 Å². The molecule has 0 saturated heterocycles. The molecular weight excluding hydrogens is 248 g/mol. The number of hydrogen-bond acceptors (Lipinski definition) is 3. The summed E-state index contributed by atoms with van der Waals surface area (Å²) in [6.07, 6.45) is -0.580. The average Bonchev–Trinajstić information content (AvgIpc) is 2.17. The lowest BCUT2D eigenvalue weighted by Gasteiger charge is -2.11. The zero-order valence-electron chi connectivity index (χ0n) is 7.94. The van der Waals surface area contributed by atoms with Crippen LogP contribution >= 0.6 is 15.9 Å². The fourth-order valence-electron chi connectivity index (χ4n) is 0.964. The van der Waals surface area contributed by atoms with Crippen molar-refractivity contribution in [2.24, 2.45) is 0 Å². The smallest absolute Gasteiger partial charge is 0.119 e. The Kier molecular flexibility index (Phi) is 4.93. The van der Waals surface area contributed by atoms with Crippen molar-refractivity contribution in [3.63, 3.8) is 0 Å². The van der Waals surface area contributed by atoms with Crippen molar-refractivity contribution in [1.29, 1.82) is 0 Å². The van der Waals surface area contributed by atoms with E-state index >= 15 is 0 Å². The van der Waals surface area contributed by atoms with Gasteiger partial charge in [-0.05, 0) is 24.3 Å². The molecule has 0 heterocycles. The minimum Gasteiger partial charge on any atom is -0.491 e. The molecule has 0 amide bonds. The Bertz CT molecular complexity index is 261. The van der Waals surface area contributed by atoms with Gasteiger partial charge < -0.3 is 14.6 Å². The molecule has 14 heavy (non-hydrogen) atoms. The minimum atomic E-state index is -0.580. The van der Waals surface area contributed by atoms with E-state index in [1.165, 1.54) is 0 Å². The first-order valence-corrected chi connectivity index (χ1v) is 5.07. The molecule has 1 N–H and O–H groups in total. The van der Waals surface area contributed by atoms with E-state index in [1.54, 1.807) is 7.11 Å². The fourth-order valence-corrected chi connectivity index (χ4v) is 1.23. The van der Waals surface area contributed by atoms with Crippen LogP contribution < -0.4 is 4.74 Å². The van der Waals surface area contributed by atoms with Crippen LogP contribution in [0.25, 0.3) is 0 Å². The third-order valence-electron chi connectivity index (χ3n) is 1.62. The molecule has 3 nitrogen and oxygen atoms in total. The van der Waals surface area contributed by atoms with Gasteiger partial charge in [0.25, 0.3) is 0 Å². The zero-order valence-corrected chi connectivity index (χ0v) is 9.53. The van der Waals surface area contributed by atoms with Gasteiger partial charge in [-0.1, -0.05) is 15.9 Å². The summed E-state index contributed by atoms with van der Waals surface area (Å²) in [5.41, 5.74) is 0. The van der Waals surface area contributed by atoms with Crippen LogP contribution in [0.1, 0.15) is 0 Å². The van der Waals surface area contributed by atoms with Crippen LogP contribution in [-0.2, 0) is 4.74 Å². The van der Waals surface area contributed by atoms with Crippen LogP contribution in [0, 0.1) is 0 Å². The second-order valence-corrected chi connectivity index (χ2v) is 3.79. The Hall–Kier alpha value is -0.580. The molecule has 0 aliphatic carbocycles. The molecular formula is C10H13BrO3. The molecule has 0 fully saturated rings. The van der Waals surface area contributed by atoms with Crippen molar-refractivity contribution in [1.82, 2.24) is 0 Å². The predicted octanol–water partition coefficient (Wildman–Crippen LogP) is 1.84. The van der Waals surface area contributed by atoms with Gasteiger partial charge in [0.1, 0.15) is 18.5 Å². The lowest BCUT2D eigenvalue weighted by molar-refractivity contribution is 0.0325. The molecule has 1 aromatic rings. The standard InChI is InChI=1S/C10H13BrO3/c1-13-6-9(12)7-14-10-4-2-8(11)3-5-10/h2-5,9,12H,6-7H2,1H3/t9-/m1/s1. The Labute approximate surface area is 91.8 Å². The van der Waals surface area contributed by atoms with E-state index in [2.05, 4.69) is 15.9 Å². The number of hydrogen-bond donors (Lipinski definition) is 1. The van der Waals surface area contributed by atoms with Crippen LogP contribution in [0.3, 0.4) is 0 Å². The van der Waals surface area contributed by atoms with Gasteiger partial charge in [0.2, 0.25) is 0 Å². The molecule has 0 saturated carbocycles. The fraction of sp³-hybridized carbons (Fsp3) is 0.400. The maximum atomic E-state index is 9.31. The van der Waals surface area contributed by atoms with Crippen molar-refractivity contribution >= 4 is 15.9 Å². The molecule has 0 bridgehead atoms. The first kappa shape index (κ1) is 11.5. The highest BCUT2D eigenvalue weighted by Crippen LogP contribution is 2.16. The van der Waals surface area contributed by atoms with Crippen molar-refractivity contribution in [2.75, 3.05) is 20.3 Å². The lowest BCUT2D eigenvalue weighted by atomic mass is 10.3. The van der Waals surface area contributed by atoms with Gasteiger partial charge in [0, 0.05) is 11.6 Å². The number of ether oxygens (including phenoxy) is 2. The monoisotopic (exact) mass is 260 g/mol. The number of aliphatic hydroxyl groups is 1. The summed E-state index contributed by atoms with van der Waals surface area (Å²) in [5.74, 6) is 0.739. The van der Waals surface area contributed by atoms with Crippen molar-refractivity contribution in [3.8, 4) is 5.75 Å². The zero-order chi connectivity index (χ0) is 10.4. The van der Waals surface area contributed by atoms with Crippen LogP contribution in [0.4, 0.5) is 0 Å². The second-order valence-electron chi connectivity index (χ2n) is 2.87. The number of methoxy groups -OCH3 is 1. The van der Waals surface area contributed by atoms with Crippen molar-refractivity contribution in [3.05, 3.63) is 28.7 Å². The molecule has 0 spiro atoms. The molecule has 0 aliphatic rings. The van der Waals surface area contributed by atoms with Gasteiger partial charge >= 0.3 is 0 Å². The van der Waals surface area contributed by atoms with E-state index in [1.807, 2.05) is 24.3 Å². The summed E-state index contributed by atoms with van der Waals surface area (Å²) in [4.78, 5) is 0. The first-order chi connectivity index (χ1) is 6.72. The van der Waals surface area contributed by atoms with Gasteiger partial charge in [0.05, 0.1) is 6.61 Å². The molecule has 1 aromatic carbocycles. The van der Waals surface area contributed by atoms with Crippen LogP contribution in [-0.4, -0.2) is 31.5 Å². The minimum absolute atomic E-state index is 0.246. The summed E-state index contributed by atoms with van der Waals surface area (Å²) >= 11 is 3.33. The van der Waals surface area contributed by atoms with Gasteiger partial charge in [-0.3, -0.25) is 0 Å². The maximum Gasteiger partial charge on any atom is 0.119 e. The molecule has 1 rings (SSSR count). The molecule has 0 unspecified atom stereocenters. The number of halogens is 1. The van der Waals surface area contributed by atoms with E-state index in [-0.39, 0.29) is 13.2 Å². The molecule has 78 valence electrons. The Morgan fingerprint density at radius 3 is 2.50 bits per heavy atom. The van der Waals surface area contributed by atoms with Gasteiger partial charge in [-0.15, -0.1) is 0 Å². The number of benzene rings is 1. The average molecular weight is 261 g/mol. The van der Waals surface area contributed by atoms with Crippen molar-refractivity contribution in [2.45, 2.75) is 6.10 Å². The Balaban J connectivity index is 2.34. The SMILES string of the molecule is COC[C@@H](O)COc1ccc(Br)cc1. The third kappa shape index (κ3) is 4.09. The lowest BCUT2D eigenvalue weighted by Crippen LogP contribution is -2.22. The van der Waals surface area contributed by atoms with Gasteiger partial charge in [-0.25, -0.2) is 0 Å². The van der Waals surface area contributed by atoms with Crippen LogP contribution in [0.2, 0.25) is 0 Å². The molecule has 0 aliphatic heterocycles. The summed E-state index contributed by atoms with van der Waals surface area (Å²) in [6.45, 7) is 0.534. The van der Waals surface area contributed by atoms with Gasteiger partial charge in [0.15, 0.2) is 0 Å². The molecule has 0 radical (unpaired) electrons. The highest BCUT2D eigenvalue weighted by Gasteiger charge is 2.03. The maximum absolute atomic E-state index is 9.31. The van der Waals surface area contributed by atoms with E-state index in [0.717, 1.165) is 10.2 Å². The summed E-state index contributed by atoms with van der Waals surface area (Å²) < 4.78 is 11.1. The van der Waals surface area contributed by atoms with E-state index < -0.39 is 6.10 Å². The summed E-state index contributed by atoms with van der Waals surface area (Å²) in [6, 6.07) is 7.45. The topological polar surface area (TPSA) is 38.7 Å². The predicted molar refractivity (Wildman–Crippen MR) is 57.5 cm³/mol. The van der Waals surface area contributed by atoms with Crippen LogP contribution in [0.5, 0.6) is 5.75 Å². The number of rotatable bonds is 5. The highest BCUT2D eigenvalue weighted by atomic mass is 79.9. The molecule has 4 heteroatoms. The molecule has 1 atom stereocenters. The summed E-state index contributed by atoms with van der Waals surface area (Å²) in [5, 5.41) is 9.31. The second kappa shape index (κ2) is 6.01.